The van der Waals surface area contributed by atoms with Crippen LogP contribution in [-0.4, -0.2) is 14.1 Å². The van der Waals surface area contributed by atoms with Gasteiger partial charge in [0, 0.05) is 58.0 Å². The Kier molecular flexibility index (Phi) is 5.21. The van der Waals surface area contributed by atoms with Crippen molar-refractivity contribution in [2.24, 2.45) is 0 Å². The number of ether oxygens (including phenoxy) is 1. The van der Waals surface area contributed by atoms with Gasteiger partial charge < -0.3 is 13.9 Å². The molecule has 0 saturated heterocycles. The van der Waals surface area contributed by atoms with Crippen molar-refractivity contribution in [3.8, 4) is 50.9 Å². The number of pyridine rings is 1. The number of aryl methyl sites for hydroxylation is 1. The molecule has 1 aliphatic rings. The molecule has 5 nitrogen and oxygen atoms in total. The molecule has 0 N–H and O–H groups in total. The smallest absolute Gasteiger partial charge is 0.268 e. The summed E-state index contributed by atoms with van der Waals surface area (Å²) in [6.07, 6.45) is -2.22. The quantitative estimate of drug-likeness (QED) is 0.118. The minimum Gasteiger partial charge on any atom is -0.510 e. The minimum atomic E-state index is -3.56. The summed E-state index contributed by atoms with van der Waals surface area (Å²) in [5, 5.41) is 1.30. The molecule has 0 radical (unpaired) electrons. The van der Waals surface area contributed by atoms with Crippen molar-refractivity contribution in [3.63, 3.8) is 0 Å². The van der Waals surface area contributed by atoms with Crippen LogP contribution >= 0.6 is 0 Å². The fourth-order valence-electron chi connectivity index (χ4n) is 7.48. The Balaban J connectivity index is 0.00000704. The second kappa shape index (κ2) is 14.7. The average molecular weight is 962 g/mol. The number of hydrogen-bond donors (Lipinski definition) is 0. The average Bonchev–Trinajstić information content (AvgIpc) is 4.11. The van der Waals surface area contributed by atoms with E-state index in [0.29, 0.717) is 38.5 Å². The van der Waals surface area contributed by atoms with Gasteiger partial charge >= 0.3 is 0 Å². The van der Waals surface area contributed by atoms with Crippen LogP contribution in [0.3, 0.4) is 0 Å². The van der Waals surface area contributed by atoms with Crippen LogP contribution in [0.1, 0.15) is 58.6 Å². The summed E-state index contributed by atoms with van der Waals surface area (Å²) in [6.45, 7) is -7.11. The van der Waals surface area contributed by atoms with E-state index < -0.39 is 103 Å². The van der Waals surface area contributed by atoms with E-state index in [1.54, 1.807) is 81.9 Å². The summed E-state index contributed by atoms with van der Waals surface area (Å²) < 4.78 is 184. The van der Waals surface area contributed by atoms with Gasteiger partial charge in [0.1, 0.15) is 5.82 Å². The molecule has 3 heterocycles. The molecule has 0 amide bonds. The van der Waals surface area contributed by atoms with Crippen LogP contribution in [0.5, 0.6) is 11.5 Å². The summed E-state index contributed by atoms with van der Waals surface area (Å²) in [6, 6.07) is 28.8. The topological polar surface area (TPSA) is 35.9 Å². The summed E-state index contributed by atoms with van der Waals surface area (Å²) in [5.41, 5.74) is -2.47. The maximum atomic E-state index is 9.00. The third kappa shape index (κ3) is 6.29. The molecule has 0 atom stereocenters. The molecule has 7 aromatic carbocycles. The molecule has 1 aliphatic carbocycles. The second-order valence-corrected chi connectivity index (χ2v) is 13.5. The van der Waals surface area contributed by atoms with E-state index in [1.165, 1.54) is 22.8 Å². The van der Waals surface area contributed by atoms with E-state index in [9.17, 15) is 0 Å². The first kappa shape index (κ1) is 20.9. The molecule has 0 saturated carbocycles. The third-order valence-corrected chi connectivity index (χ3v) is 10.0. The first-order valence-corrected chi connectivity index (χ1v) is 18.1. The Labute approximate surface area is 386 Å². The number of para-hydroxylation sites is 4. The fourth-order valence-corrected chi connectivity index (χ4v) is 7.48. The first-order valence-electron chi connectivity index (χ1n) is 28.1. The van der Waals surface area contributed by atoms with Crippen molar-refractivity contribution in [2.75, 3.05) is 0 Å². The van der Waals surface area contributed by atoms with Crippen molar-refractivity contribution in [2.45, 2.75) is 31.9 Å². The van der Waals surface area contributed by atoms with Crippen molar-refractivity contribution in [1.82, 2.24) is 14.1 Å². The number of imidazole rings is 1. The number of fused-ring (bicyclic) bond motifs is 5. The van der Waals surface area contributed by atoms with Gasteiger partial charge in [-0.15, -0.1) is 29.7 Å². The summed E-state index contributed by atoms with van der Waals surface area (Å²) in [4.78, 5) is 4.50. The van der Waals surface area contributed by atoms with Gasteiger partial charge in [-0.25, -0.2) is 4.98 Å². The van der Waals surface area contributed by atoms with E-state index in [1.807, 2.05) is 6.07 Å². The summed E-state index contributed by atoms with van der Waals surface area (Å²) in [5.74, 6) is 0.253. The van der Waals surface area contributed by atoms with Crippen molar-refractivity contribution >= 4 is 32.8 Å². The number of hydrogen-bond acceptors (Lipinski definition) is 2. The molecule has 11 rings (SSSR count). The van der Waals surface area contributed by atoms with Crippen molar-refractivity contribution in [3.05, 3.63) is 199 Å². The maximum Gasteiger partial charge on any atom is 0.268 e. The molecule has 0 spiro atoms. The van der Waals surface area contributed by atoms with Crippen LogP contribution in [0.25, 0.3) is 72.3 Å². The number of rotatable bonds is 7. The van der Waals surface area contributed by atoms with Crippen LogP contribution in [0.2, 0.25) is 0 Å². The van der Waals surface area contributed by atoms with Crippen LogP contribution in [0, 0.1) is 18.5 Å². The molecule has 0 unspecified atom stereocenters. The SMILES string of the molecule is [2H]c1c([2H])c([2H])c(-c2cccc(-c3c([2H])c([2H])c([2H])c([2H])c3[2H])c2-[n+]2[c-]n(-c3[c-]c(Oc4[c-]c5c(cc4)c4ccccc4n5-c4cc5c(cn4)C([2H])([2H])C([2H])([2H])C5(C([2H])([2H])[2H])C([2H])([2H])[2H])ccc3)c3ccccc32)c([2H])c1[2H].[Pt]. The number of aromatic nitrogens is 4. The molecule has 59 heavy (non-hydrogen) atoms. The summed E-state index contributed by atoms with van der Waals surface area (Å²) in [7, 11) is 0. The molecule has 0 fully saturated rings. The zero-order chi connectivity index (χ0) is 56.1. The normalized spacial score (nSPS) is 20.1. The Bertz CT molecular complexity index is 4050. The summed E-state index contributed by atoms with van der Waals surface area (Å²) >= 11 is 0. The largest absolute Gasteiger partial charge is 0.510 e. The zero-order valence-corrected chi connectivity index (χ0v) is 32.7. The van der Waals surface area contributed by atoms with E-state index in [-0.39, 0.29) is 66.3 Å². The van der Waals surface area contributed by atoms with Crippen molar-refractivity contribution in [1.29, 1.82) is 0 Å². The standard InChI is InChI=1S/C53H38N4O.Pt/c1-53(2)30-29-38-34-54-51(33-46(38)53)57-47-24-10-9-21-44(47)45-28-27-41(32-50(45)57)58-40-20-13-19-39(31-40)55-35-56(49-26-12-11-25-48(49)55)52-42(36-15-5-3-6-16-36)22-14-23-43(52)37-17-7-4-8-18-37;/h3-28,33-34H,29-30H2,1-2H3;/q-2;/i1D3,2D3,3D,4D,5D,6D,7D,8D,15D,16D,17D,18D,29D2,30D2;. The molecular formula is C53H38N4OPt-2. The van der Waals surface area contributed by atoms with Crippen LogP contribution in [0.15, 0.2) is 170 Å². The van der Waals surface area contributed by atoms with Gasteiger partial charge in [-0.2, -0.15) is 18.2 Å². The van der Waals surface area contributed by atoms with E-state index in [0.717, 1.165) is 12.3 Å². The Morgan fingerprint density at radius 2 is 1.44 bits per heavy atom. The van der Waals surface area contributed by atoms with Gasteiger partial charge in [0.05, 0.1) is 30.4 Å². The Morgan fingerprint density at radius 3 is 2.20 bits per heavy atom. The van der Waals surface area contributed by atoms with E-state index in [4.69, 9.17) is 32.2 Å². The van der Waals surface area contributed by atoms with Gasteiger partial charge in [-0.1, -0.05) is 140 Å². The predicted octanol–water partition coefficient (Wildman–Crippen LogP) is 12.1. The molecule has 10 aromatic rings. The molecule has 3 aromatic heterocycles. The van der Waals surface area contributed by atoms with Gasteiger partial charge in [-0.3, -0.25) is 4.57 Å². The zero-order valence-electron chi connectivity index (χ0n) is 50.4. The number of nitrogens with zero attached hydrogens (tertiary/aromatic N) is 4. The predicted molar refractivity (Wildman–Crippen MR) is 232 cm³/mol. The number of benzene rings is 7. The molecule has 0 aliphatic heterocycles. The second-order valence-electron chi connectivity index (χ2n) is 13.5. The molecular weight excluding hydrogens is 904 g/mol. The van der Waals surface area contributed by atoms with Crippen LogP contribution < -0.4 is 9.30 Å². The van der Waals surface area contributed by atoms with E-state index >= 15 is 0 Å². The fraction of sp³-hybridized carbons (Fsp3) is 0.0943. The van der Waals surface area contributed by atoms with Crippen molar-refractivity contribution < 1.29 is 57.8 Å². The van der Waals surface area contributed by atoms with Crippen LogP contribution in [0.4, 0.5) is 0 Å². The van der Waals surface area contributed by atoms with Gasteiger partial charge in [0.2, 0.25) is 0 Å². The van der Waals surface area contributed by atoms with Crippen LogP contribution in [-0.2, 0) is 32.9 Å². The van der Waals surface area contributed by atoms with E-state index in [2.05, 4.69) is 23.4 Å². The molecule has 6 heteroatoms. The Morgan fingerprint density at radius 1 is 0.746 bits per heavy atom. The third-order valence-electron chi connectivity index (χ3n) is 10.0. The first-order chi connectivity index (χ1) is 36.7. The minimum absolute atomic E-state index is 0. The molecule has 288 valence electrons. The molecule has 0 bridgehead atoms. The van der Waals surface area contributed by atoms with Gasteiger partial charge in [0.25, 0.3) is 6.33 Å². The van der Waals surface area contributed by atoms with Gasteiger partial charge in [0.15, 0.2) is 0 Å². The monoisotopic (exact) mass is 961 g/mol. The Hall–Kier alpha value is -6.55. The maximum absolute atomic E-state index is 9.00. The van der Waals surface area contributed by atoms with Gasteiger partial charge in [-0.05, 0) is 74.7 Å².